The molecule has 1 rings (SSSR count). The Morgan fingerprint density at radius 2 is 2.20 bits per heavy atom. The fraction of sp³-hybridized carbons (Fsp3) is 0.625. The van der Waals surface area contributed by atoms with Crippen molar-refractivity contribution < 1.29 is 4.74 Å². The molecule has 2 heteroatoms. The molecule has 0 heterocycles. The Hall–Kier alpha value is -0.790. The van der Waals surface area contributed by atoms with Crippen molar-refractivity contribution in [3.05, 3.63) is 12.3 Å². The molecule has 0 atom stereocenters. The minimum absolute atomic E-state index is 0.585. The summed E-state index contributed by atoms with van der Waals surface area (Å²) in [6, 6.07) is 0. The van der Waals surface area contributed by atoms with Gasteiger partial charge in [-0.05, 0) is 19.8 Å². The number of ether oxygens (including phenoxy) is 1. The van der Waals surface area contributed by atoms with E-state index < -0.39 is 0 Å². The first-order valence-electron chi connectivity index (χ1n) is 3.54. The van der Waals surface area contributed by atoms with Crippen LogP contribution in [0.4, 0.5) is 0 Å². The summed E-state index contributed by atoms with van der Waals surface area (Å²) in [4.78, 5) is 4.02. The highest BCUT2D eigenvalue weighted by Crippen LogP contribution is 2.31. The van der Waals surface area contributed by atoms with Crippen molar-refractivity contribution in [2.45, 2.75) is 19.8 Å². The van der Waals surface area contributed by atoms with Crippen LogP contribution in [-0.4, -0.2) is 12.9 Å². The highest BCUT2D eigenvalue weighted by Gasteiger charge is 2.28. The van der Waals surface area contributed by atoms with Crippen LogP contribution in [0.3, 0.4) is 0 Å². The summed E-state index contributed by atoms with van der Waals surface area (Å²) in [5, 5.41) is 0. The van der Waals surface area contributed by atoms with Gasteiger partial charge in [-0.1, -0.05) is 6.58 Å². The summed E-state index contributed by atoms with van der Waals surface area (Å²) < 4.78 is 5.28. The van der Waals surface area contributed by atoms with Crippen molar-refractivity contribution in [3.63, 3.8) is 0 Å². The highest BCUT2D eigenvalue weighted by atomic mass is 16.5. The minimum atomic E-state index is 0.585. The smallest absolute Gasteiger partial charge is 0.192 e. The first-order valence-corrected chi connectivity index (χ1v) is 3.54. The molecule has 1 aliphatic carbocycles. The van der Waals surface area contributed by atoms with Gasteiger partial charge in [-0.25, -0.2) is 0 Å². The predicted molar refractivity (Wildman–Crippen MR) is 42.0 cm³/mol. The van der Waals surface area contributed by atoms with Crippen LogP contribution in [0.25, 0.3) is 0 Å². The fourth-order valence-corrected chi connectivity index (χ4v) is 0.820. The monoisotopic (exact) mass is 139 g/mol. The zero-order valence-electron chi connectivity index (χ0n) is 6.55. The Morgan fingerprint density at radius 1 is 1.60 bits per heavy atom. The molecular formula is C8H13NO. The van der Waals surface area contributed by atoms with Crippen LogP contribution in [-0.2, 0) is 4.74 Å². The molecule has 0 N–H and O–H groups in total. The van der Waals surface area contributed by atoms with Gasteiger partial charge in [0, 0.05) is 13.0 Å². The molecule has 1 aliphatic rings. The summed E-state index contributed by atoms with van der Waals surface area (Å²) >= 11 is 0. The van der Waals surface area contributed by atoms with E-state index in [-0.39, 0.29) is 0 Å². The zero-order chi connectivity index (χ0) is 7.56. The van der Waals surface area contributed by atoms with Crippen molar-refractivity contribution in [2.75, 3.05) is 7.05 Å². The van der Waals surface area contributed by atoms with Crippen LogP contribution in [0.2, 0.25) is 0 Å². The van der Waals surface area contributed by atoms with Crippen LogP contribution < -0.4 is 0 Å². The molecule has 1 fully saturated rings. The summed E-state index contributed by atoms with van der Waals surface area (Å²) in [5.74, 6) is 2.17. The summed E-state index contributed by atoms with van der Waals surface area (Å²) in [6.45, 7) is 5.49. The maximum absolute atomic E-state index is 5.28. The summed E-state index contributed by atoms with van der Waals surface area (Å²) in [5.41, 5.74) is 0. The molecule has 0 aromatic heterocycles. The van der Waals surface area contributed by atoms with Crippen molar-refractivity contribution in [1.82, 2.24) is 0 Å². The molecule has 0 bridgehead atoms. The maximum atomic E-state index is 5.28. The lowest BCUT2D eigenvalue weighted by atomic mass is 10.4. The lowest BCUT2D eigenvalue weighted by Gasteiger charge is -2.04. The second-order valence-corrected chi connectivity index (χ2v) is 2.64. The summed E-state index contributed by atoms with van der Waals surface area (Å²) in [7, 11) is 1.76. The average Bonchev–Trinajstić information content (AvgIpc) is 2.63. The van der Waals surface area contributed by atoms with Gasteiger partial charge in [0.05, 0.1) is 5.76 Å². The second-order valence-electron chi connectivity index (χ2n) is 2.64. The van der Waals surface area contributed by atoms with Crippen LogP contribution in [0.5, 0.6) is 0 Å². The number of nitrogens with zero attached hydrogens (tertiary/aromatic N) is 1. The number of hydrogen-bond acceptors (Lipinski definition) is 2. The molecule has 10 heavy (non-hydrogen) atoms. The molecule has 1 saturated carbocycles. The van der Waals surface area contributed by atoms with Gasteiger partial charge in [0.2, 0.25) is 0 Å². The Kier molecular flexibility index (Phi) is 2.10. The molecule has 56 valence electrons. The van der Waals surface area contributed by atoms with E-state index in [2.05, 4.69) is 11.6 Å². The van der Waals surface area contributed by atoms with Gasteiger partial charge in [0.15, 0.2) is 5.90 Å². The molecule has 0 unspecified atom stereocenters. The van der Waals surface area contributed by atoms with Crippen LogP contribution in [0, 0.1) is 5.92 Å². The Bertz CT molecular complexity index is 168. The Labute approximate surface area is 61.6 Å². The molecule has 0 radical (unpaired) electrons. The molecule has 0 saturated heterocycles. The molecule has 0 aromatic rings. The van der Waals surface area contributed by atoms with E-state index in [4.69, 9.17) is 4.74 Å². The molecule has 0 aliphatic heterocycles. The van der Waals surface area contributed by atoms with E-state index in [1.807, 2.05) is 6.92 Å². The standard InChI is InChI=1S/C8H13NO/c1-6(2)10-8(9-3)7-4-5-7/h7H,1,4-5H2,2-3H3/b9-8-. The second kappa shape index (κ2) is 2.86. The third-order valence-electron chi connectivity index (χ3n) is 1.43. The number of rotatable bonds is 2. The van der Waals surface area contributed by atoms with Gasteiger partial charge in [0.25, 0.3) is 0 Å². The SMILES string of the molecule is C=C(C)O/C(=N\C)C1CC1. The molecule has 2 nitrogen and oxygen atoms in total. The minimum Gasteiger partial charge on any atom is -0.448 e. The van der Waals surface area contributed by atoms with E-state index in [9.17, 15) is 0 Å². The van der Waals surface area contributed by atoms with Crippen LogP contribution in [0.15, 0.2) is 17.3 Å². The molecule has 0 spiro atoms. The van der Waals surface area contributed by atoms with Crippen molar-refractivity contribution >= 4 is 5.90 Å². The number of hydrogen-bond donors (Lipinski definition) is 0. The largest absolute Gasteiger partial charge is 0.448 e. The number of allylic oxidation sites excluding steroid dienone is 1. The predicted octanol–water partition coefficient (Wildman–Crippen LogP) is 1.97. The summed E-state index contributed by atoms with van der Waals surface area (Å²) in [6.07, 6.45) is 2.44. The van der Waals surface area contributed by atoms with Gasteiger partial charge < -0.3 is 4.74 Å². The first kappa shape index (κ1) is 7.32. The van der Waals surface area contributed by atoms with Crippen LogP contribution >= 0.6 is 0 Å². The van der Waals surface area contributed by atoms with Crippen molar-refractivity contribution in [1.29, 1.82) is 0 Å². The topological polar surface area (TPSA) is 21.6 Å². The Balaban J connectivity index is 2.41. The Morgan fingerprint density at radius 3 is 2.50 bits per heavy atom. The van der Waals surface area contributed by atoms with Gasteiger partial charge in [-0.2, -0.15) is 0 Å². The van der Waals surface area contributed by atoms with E-state index in [1.54, 1.807) is 7.05 Å². The highest BCUT2D eigenvalue weighted by molar-refractivity contribution is 5.81. The average molecular weight is 139 g/mol. The maximum Gasteiger partial charge on any atom is 0.192 e. The lowest BCUT2D eigenvalue weighted by molar-refractivity contribution is 0.402. The van der Waals surface area contributed by atoms with E-state index in [0.29, 0.717) is 5.92 Å². The third kappa shape index (κ3) is 1.87. The molecule has 0 aromatic carbocycles. The van der Waals surface area contributed by atoms with E-state index >= 15 is 0 Å². The normalized spacial score (nSPS) is 18.8. The van der Waals surface area contributed by atoms with E-state index in [0.717, 1.165) is 11.7 Å². The van der Waals surface area contributed by atoms with Gasteiger partial charge in [-0.3, -0.25) is 4.99 Å². The zero-order valence-corrected chi connectivity index (χ0v) is 6.55. The van der Waals surface area contributed by atoms with Gasteiger partial charge in [-0.15, -0.1) is 0 Å². The van der Waals surface area contributed by atoms with E-state index in [1.165, 1.54) is 12.8 Å². The first-order chi connectivity index (χ1) is 4.74. The molecular weight excluding hydrogens is 126 g/mol. The number of aliphatic imine (C=N–C) groups is 1. The third-order valence-corrected chi connectivity index (χ3v) is 1.43. The van der Waals surface area contributed by atoms with Crippen LogP contribution in [0.1, 0.15) is 19.8 Å². The van der Waals surface area contributed by atoms with Gasteiger partial charge in [0.1, 0.15) is 0 Å². The molecule has 0 amide bonds. The van der Waals surface area contributed by atoms with Crippen molar-refractivity contribution in [2.24, 2.45) is 10.9 Å². The lowest BCUT2D eigenvalue weighted by Crippen LogP contribution is -2.04. The quantitative estimate of drug-likeness (QED) is 0.325. The van der Waals surface area contributed by atoms with Crippen molar-refractivity contribution in [3.8, 4) is 0 Å². The fourth-order valence-electron chi connectivity index (χ4n) is 0.820. The van der Waals surface area contributed by atoms with Gasteiger partial charge >= 0.3 is 0 Å².